The van der Waals surface area contributed by atoms with Gasteiger partial charge in [0.1, 0.15) is 5.75 Å². The van der Waals surface area contributed by atoms with E-state index in [1.54, 1.807) is 24.3 Å². The highest BCUT2D eigenvalue weighted by Gasteiger charge is 2.30. The fraction of sp³-hybridized carbons (Fsp3) is 0.417. The van der Waals surface area contributed by atoms with E-state index < -0.39 is 11.6 Å². The molecule has 1 N–H and O–H groups in total. The second-order valence-electron chi connectivity index (χ2n) is 8.32. The van der Waals surface area contributed by atoms with Crippen molar-refractivity contribution < 1.29 is 19.4 Å². The van der Waals surface area contributed by atoms with Gasteiger partial charge in [0.2, 0.25) is 0 Å². The highest BCUT2D eigenvalue weighted by atomic mass is 35.5. The van der Waals surface area contributed by atoms with Gasteiger partial charge in [-0.15, -0.1) is 0 Å². The Bertz CT molecular complexity index is 877. The second kappa shape index (κ2) is 9.00. The molecule has 0 spiro atoms. The first-order valence-electron chi connectivity index (χ1n) is 9.74. The van der Waals surface area contributed by atoms with Gasteiger partial charge < -0.3 is 9.84 Å². The standard InChI is InChI=1S/C24H29ClO4/c1-14(17(4)21(26)19-7-9-20(25)10-8-19)11-18-12-15(2)22(16(3)13-18)29-24(5,6)23(27)28/h7-10,12-14,17H,11H2,1-6H3,(H,27,28). The van der Waals surface area contributed by atoms with Crippen LogP contribution in [0.3, 0.4) is 0 Å². The van der Waals surface area contributed by atoms with Gasteiger partial charge in [-0.05, 0) is 81.0 Å². The normalized spacial score (nSPS) is 13.6. The number of halogens is 1. The van der Waals surface area contributed by atoms with Crippen molar-refractivity contribution in [1.82, 2.24) is 0 Å². The summed E-state index contributed by atoms with van der Waals surface area (Å²) in [6.07, 6.45) is 0.741. The summed E-state index contributed by atoms with van der Waals surface area (Å²) in [4.78, 5) is 24.1. The van der Waals surface area contributed by atoms with Gasteiger partial charge in [0.15, 0.2) is 11.4 Å². The maximum absolute atomic E-state index is 12.8. The molecule has 4 nitrogen and oxygen atoms in total. The molecule has 29 heavy (non-hydrogen) atoms. The molecule has 156 valence electrons. The van der Waals surface area contributed by atoms with Crippen LogP contribution < -0.4 is 4.74 Å². The van der Waals surface area contributed by atoms with Crippen molar-refractivity contribution in [3.63, 3.8) is 0 Å². The molecule has 0 saturated heterocycles. The Morgan fingerprint density at radius 2 is 1.59 bits per heavy atom. The number of ketones is 1. The third kappa shape index (κ3) is 5.60. The number of carbonyl (C=O) groups is 2. The van der Waals surface area contributed by atoms with Crippen LogP contribution in [-0.4, -0.2) is 22.5 Å². The van der Waals surface area contributed by atoms with Crippen molar-refractivity contribution in [1.29, 1.82) is 0 Å². The van der Waals surface area contributed by atoms with Crippen LogP contribution >= 0.6 is 11.6 Å². The number of benzene rings is 2. The van der Waals surface area contributed by atoms with Gasteiger partial charge in [0.25, 0.3) is 0 Å². The molecule has 0 aromatic heterocycles. The quantitative estimate of drug-likeness (QED) is 0.544. The number of Topliss-reactive ketones (excluding diaryl/α,β-unsaturated/α-hetero) is 1. The maximum Gasteiger partial charge on any atom is 0.347 e. The Balaban J connectivity index is 2.16. The Hall–Kier alpha value is -2.33. The third-order valence-corrected chi connectivity index (χ3v) is 5.60. The summed E-state index contributed by atoms with van der Waals surface area (Å²) < 4.78 is 5.77. The van der Waals surface area contributed by atoms with Crippen LogP contribution in [0, 0.1) is 25.7 Å². The molecule has 0 aliphatic heterocycles. The molecular formula is C24H29ClO4. The molecule has 0 amide bonds. The molecule has 0 saturated carbocycles. The van der Waals surface area contributed by atoms with Gasteiger partial charge in [-0.2, -0.15) is 0 Å². The maximum atomic E-state index is 12.8. The first kappa shape index (κ1) is 23.0. The number of hydrogen-bond acceptors (Lipinski definition) is 3. The monoisotopic (exact) mass is 416 g/mol. The van der Waals surface area contributed by atoms with Gasteiger partial charge in [0.05, 0.1) is 0 Å². The average Bonchev–Trinajstić information content (AvgIpc) is 2.64. The predicted molar refractivity (Wildman–Crippen MR) is 116 cm³/mol. The summed E-state index contributed by atoms with van der Waals surface area (Å²) in [6, 6.07) is 11.0. The average molecular weight is 417 g/mol. The number of carbonyl (C=O) groups excluding carboxylic acids is 1. The third-order valence-electron chi connectivity index (χ3n) is 5.35. The van der Waals surface area contributed by atoms with E-state index in [0.29, 0.717) is 16.3 Å². The van der Waals surface area contributed by atoms with E-state index in [9.17, 15) is 14.7 Å². The molecular weight excluding hydrogens is 388 g/mol. The lowest BCUT2D eigenvalue weighted by molar-refractivity contribution is -0.152. The van der Waals surface area contributed by atoms with Gasteiger partial charge in [-0.3, -0.25) is 4.79 Å². The summed E-state index contributed by atoms with van der Waals surface area (Å²) in [6.45, 7) is 10.9. The topological polar surface area (TPSA) is 63.6 Å². The zero-order chi connectivity index (χ0) is 21.9. The lowest BCUT2D eigenvalue weighted by atomic mass is 9.84. The number of ether oxygens (including phenoxy) is 1. The van der Waals surface area contributed by atoms with Crippen LogP contribution in [0.5, 0.6) is 5.75 Å². The van der Waals surface area contributed by atoms with Crippen molar-refractivity contribution in [2.24, 2.45) is 11.8 Å². The Kier molecular flexibility index (Phi) is 7.12. The minimum atomic E-state index is -1.30. The van der Waals surface area contributed by atoms with Crippen LogP contribution in [0.2, 0.25) is 5.02 Å². The smallest absolute Gasteiger partial charge is 0.347 e. The van der Waals surface area contributed by atoms with Crippen molar-refractivity contribution in [3.8, 4) is 5.75 Å². The van der Waals surface area contributed by atoms with E-state index in [1.807, 2.05) is 32.9 Å². The van der Waals surface area contributed by atoms with E-state index in [1.165, 1.54) is 13.8 Å². The molecule has 2 atom stereocenters. The molecule has 0 radical (unpaired) electrons. The first-order chi connectivity index (χ1) is 13.4. The van der Waals surface area contributed by atoms with Crippen LogP contribution in [-0.2, 0) is 11.2 Å². The van der Waals surface area contributed by atoms with Gasteiger partial charge >= 0.3 is 5.97 Å². The molecule has 0 bridgehead atoms. The van der Waals surface area contributed by atoms with E-state index >= 15 is 0 Å². The lowest BCUT2D eigenvalue weighted by Gasteiger charge is -2.25. The fourth-order valence-corrected chi connectivity index (χ4v) is 3.43. The number of carboxylic acid groups (broad SMARTS) is 1. The molecule has 2 rings (SSSR count). The highest BCUT2D eigenvalue weighted by molar-refractivity contribution is 6.30. The van der Waals surface area contributed by atoms with Gasteiger partial charge in [-0.25, -0.2) is 4.79 Å². The first-order valence-corrected chi connectivity index (χ1v) is 10.1. The lowest BCUT2D eigenvalue weighted by Crippen LogP contribution is -2.38. The van der Waals surface area contributed by atoms with E-state index in [-0.39, 0.29) is 17.6 Å². The fourth-order valence-electron chi connectivity index (χ4n) is 3.30. The summed E-state index contributed by atoms with van der Waals surface area (Å²) in [5.41, 5.74) is 2.24. The van der Waals surface area contributed by atoms with Crippen molar-refractivity contribution >= 4 is 23.4 Å². The summed E-state index contributed by atoms with van der Waals surface area (Å²) >= 11 is 5.91. The van der Waals surface area contributed by atoms with Crippen LogP contribution in [0.1, 0.15) is 54.7 Å². The molecule has 0 fully saturated rings. The molecule has 0 heterocycles. The van der Waals surface area contributed by atoms with E-state index in [0.717, 1.165) is 23.1 Å². The van der Waals surface area contributed by atoms with Gasteiger partial charge in [0, 0.05) is 16.5 Å². The number of aryl methyl sites for hydroxylation is 2. The molecule has 0 aliphatic rings. The second-order valence-corrected chi connectivity index (χ2v) is 8.75. The predicted octanol–water partition coefficient (Wildman–Crippen LogP) is 5.90. The molecule has 2 unspecified atom stereocenters. The minimum absolute atomic E-state index is 0.103. The molecule has 2 aromatic carbocycles. The van der Waals surface area contributed by atoms with Gasteiger partial charge in [-0.1, -0.05) is 37.6 Å². The summed E-state index contributed by atoms with van der Waals surface area (Å²) in [7, 11) is 0. The van der Waals surface area contributed by atoms with E-state index in [4.69, 9.17) is 16.3 Å². The zero-order valence-corrected chi connectivity index (χ0v) is 18.6. The Labute approximate surface area is 177 Å². The van der Waals surface area contributed by atoms with Crippen molar-refractivity contribution in [2.45, 2.75) is 53.6 Å². The minimum Gasteiger partial charge on any atom is -0.478 e. The van der Waals surface area contributed by atoms with Crippen LogP contribution in [0.4, 0.5) is 0 Å². The number of aliphatic carboxylic acids is 1. The Morgan fingerprint density at radius 1 is 1.07 bits per heavy atom. The SMILES string of the molecule is Cc1cc(CC(C)C(C)C(=O)c2ccc(Cl)cc2)cc(C)c1OC(C)(C)C(=O)O. The largest absolute Gasteiger partial charge is 0.478 e. The highest BCUT2D eigenvalue weighted by Crippen LogP contribution is 2.31. The number of carboxylic acids is 1. The number of hydrogen-bond donors (Lipinski definition) is 1. The molecule has 5 heteroatoms. The zero-order valence-electron chi connectivity index (χ0n) is 17.9. The summed E-state index contributed by atoms with van der Waals surface area (Å²) in [5, 5.41) is 9.93. The molecule has 0 aliphatic carbocycles. The summed E-state index contributed by atoms with van der Waals surface area (Å²) in [5.74, 6) is -0.314. The number of rotatable bonds is 8. The van der Waals surface area contributed by atoms with E-state index in [2.05, 4.69) is 6.92 Å². The van der Waals surface area contributed by atoms with Crippen molar-refractivity contribution in [3.05, 3.63) is 63.7 Å². The molecule has 2 aromatic rings. The van der Waals surface area contributed by atoms with Crippen LogP contribution in [0.15, 0.2) is 36.4 Å². The van der Waals surface area contributed by atoms with Crippen molar-refractivity contribution in [2.75, 3.05) is 0 Å². The Morgan fingerprint density at radius 3 is 2.07 bits per heavy atom. The van der Waals surface area contributed by atoms with Crippen LogP contribution in [0.25, 0.3) is 0 Å².